The van der Waals surface area contributed by atoms with Crippen molar-refractivity contribution in [2.75, 3.05) is 11.9 Å². The van der Waals surface area contributed by atoms with Gasteiger partial charge in [-0.05, 0) is 63.4 Å². The molecular weight excluding hydrogens is 430 g/mol. The number of aliphatic hydroxyl groups is 1. The predicted octanol–water partition coefficient (Wildman–Crippen LogP) is 3.18. The SMILES string of the molecule is Cc1cc(-c2cnc3c(NCC(C)(C)O)cc(-c4ccnn4C)nn23)ccc1C(=O)NC1CC1. The number of anilines is 1. The summed E-state index contributed by atoms with van der Waals surface area (Å²) < 4.78 is 3.57. The number of carbonyl (C=O) groups excluding carboxylic acids is 1. The molecule has 0 spiro atoms. The topological polar surface area (TPSA) is 109 Å². The van der Waals surface area contributed by atoms with E-state index < -0.39 is 5.60 Å². The minimum absolute atomic E-state index is 0.0283. The minimum atomic E-state index is -0.893. The third-order valence-electron chi connectivity index (χ3n) is 5.94. The standard InChI is InChI=1S/C25H29N7O2/c1-15-11-16(5-8-18(15)24(33)29-17-6-7-17)22-13-26-23-20(27-14-25(2,3)34)12-19(30-32(22)23)21-9-10-28-31(21)4/h5,8-13,17,27,34H,6-7,14H2,1-4H3,(H,29,33). The van der Waals surface area contributed by atoms with Crippen LogP contribution in [0, 0.1) is 6.92 Å². The van der Waals surface area contributed by atoms with Crippen LogP contribution in [0.4, 0.5) is 5.69 Å². The van der Waals surface area contributed by atoms with Gasteiger partial charge in [0.2, 0.25) is 0 Å². The first-order valence-corrected chi connectivity index (χ1v) is 11.4. The molecule has 4 aromatic rings. The molecule has 1 aromatic carbocycles. The van der Waals surface area contributed by atoms with Crippen LogP contribution >= 0.6 is 0 Å². The van der Waals surface area contributed by atoms with Crippen molar-refractivity contribution in [1.29, 1.82) is 0 Å². The van der Waals surface area contributed by atoms with E-state index in [4.69, 9.17) is 5.10 Å². The number of amides is 1. The number of rotatable bonds is 7. The number of hydrogen-bond acceptors (Lipinski definition) is 6. The van der Waals surface area contributed by atoms with E-state index in [0.29, 0.717) is 23.8 Å². The summed E-state index contributed by atoms with van der Waals surface area (Å²) in [5, 5.41) is 25.7. The Bertz CT molecular complexity index is 1380. The van der Waals surface area contributed by atoms with E-state index in [9.17, 15) is 9.90 Å². The fraction of sp³-hybridized carbons (Fsp3) is 0.360. The highest BCUT2D eigenvalue weighted by Gasteiger charge is 2.25. The van der Waals surface area contributed by atoms with Gasteiger partial charge in [-0.25, -0.2) is 9.50 Å². The summed E-state index contributed by atoms with van der Waals surface area (Å²) in [7, 11) is 1.87. The Morgan fingerprint density at radius 2 is 2.00 bits per heavy atom. The molecule has 0 bridgehead atoms. The second kappa shape index (κ2) is 8.25. The highest BCUT2D eigenvalue weighted by atomic mass is 16.3. The quantitative estimate of drug-likeness (QED) is 0.392. The lowest BCUT2D eigenvalue weighted by atomic mass is 10.0. The smallest absolute Gasteiger partial charge is 0.251 e. The lowest BCUT2D eigenvalue weighted by Crippen LogP contribution is -2.29. The van der Waals surface area contributed by atoms with Gasteiger partial charge in [-0.3, -0.25) is 9.48 Å². The van der Waals surface area contributed by atoms with Gasteiger partial charge in [0.05, 0.1) is 28.9 Å². The number of nitrogens with zero attached hydrogens (tertiary/aromatic N) is 5. The lowest BCUT2D eigenvalue weighted by molar-refractivity contribution is 0.0940. The molecule has 0 unspecified atom stereocenters. The van der Waals surface area contributed by atoms with Crippen LogP contribution < -0.4 is 10.6 Å². The van der Waals surface area contributed by atoms with Crippen molar-refractivity contribution < 1.29 is 9.90 Å². The number of carbonyl (C=O) groups is 1. The number of imidazole rings is 1. The molecule has 1 fully saturated rings. The normalized spacial score (nSPS) is 13.9. The van der Waals surface area contributed by atoms with Gasteiger partial charge in [-0.2, -0.15) is 10.2 Å². The first-order chi connectivity index (χ1) is 16.2. The fourth-order valence-corrected chi connectivity index (χ4v) is 3.93. The number of benzene rings is 1. The molecule has 5 rings (SSSR count). The maximum atomic E-state index is 12.6. The Kier molecular flexibility index (Phi) is 5.36. The average Bonchev–Trinajstić information content (AvgIpc) is 3.31. The highest BCUT2D eigenvalue weighted by Crippen LogP contribution is 2.29. The first kappa shape index (κ1) is 22.1. The lowest BCUT2D eigenvalue weighted by Gasteiger charge is -2.19. The van der Waals surface area contributed by atoms with Crippen molar-refractivity contribution in [3.63, 3.8) is 0 Å². The Morgan fingerprint density at radius 3 is 2.65 bits per heavy atom. The Balaban J connectivity index is 1.58. The van der Waals surface area contributed by atoms with Crippen LogP contribution in [0.5, 0.6) is 0 Å². The summed E-state index contributed by atoms with van der Waals surface area (Å²) in [5.74, 6) is -0.0283. The number of hydrogen-bond donors (Lipinski definition) is 3. The molecular formula is C25H29N7O2. The molecule has 1 aliphatic carbocycles. The molecule has 0 aliphatic heterocycles. The Labute approximate surface area is 197 Å². The van der Waals surface area contributed by atoms with Crippen molar-refractivity contribution in [2.45, 2.75) is 45.3 Å². The molecule has 1 amide bonds. The second-order valence-electron chi connectivity index (χ2n) is 9.61. The molecule has 176 valence electrons. The van der Waals surface area contributed by atoms with E-state index in [1.807, 2.05) is 44.3 Å². The summed E-state index contributed by atoms with van der Waals surface area (Å²) in [4.78, 5) is 17.2. The largest absolute Gasteiger partial charge is 0.389 e. The van der Waals surface area contributed by atoms with E-state index >= 15 is 0 Å². The average molecular weight is 460 g/mol. The van der Waals surface area contributed by atoms with Gasteiger partial charge in [0.1, 0.15) is 5.69 Å². The van der Waals surface area contributed by atoms with E-state index in [2.05, 4.69) is 20.7 Å². The molecule has 0 atom stereocenters. The van der Waals surface area contributed by atoms with Crippen LogP contribution in [0.2, 0.25) is 0 Å². The van der Waals surface area contributed by atoms with Crippen molar-refractivity contribution in [3.05, 3.63) is 53.9 Å². The number of fused-ring (bicyclic) bond motifs is 1. The van der Waals surface area contributed by atoms with Crippen LogP contribution in [0.3, 0.4) is 0 Å². The zero-order chi connectivity index (χ0) is 24.0. The van der Waals surface area contributed by atoms with Gasteiger partial charge in [0.15, 0.2) is 5.65 Å². The number of nitrogens with one attached hydrogen (secondary N) is 2. The number of aryl methyl sites for hydroxylation is 2. The van der Waals surface area contributed by atoms with Crippen LogP contribution in [-0.4, -0.2) is 53.6 Å². The molecule has 9 heteroatoms. The van der Waals surface area contributed by atoms with Crippen molar-refractivity contribution in [1.82, 2.24) is 29.7 Å². The Morgan fingerprint density at radius 1 is 1.21 bits per heavy atom. The first-order valence-electron chi connectivity index (χ1n) is 11.4. The molecule has 3 heterocycles. The molecule has 0 saturated heterocycles. The third-order valence-corrected chi connectivity index (χ3v) is 5.94. The minimum Gasteiger partial charge on any atom is -0.389 e. The molecule has 0 radical (unpaired) electrons. The molecule has 1 aliphatic rings. The van der Waals surface area contributed by atoms with Crippen molar-refractivity contribution in [3.8, 4) is 22.6 Å². The fourth-order valence-electron chi connectivity index (χ4n) is 3.93. The summed E-state index contributed by atoms with van der Waals surface area (Å²) in [6, 6.07) is 9.93. The number of aromatic nitrogens is 5. The van der Waals surface area contributed by atoms with Gasteiger partial charge in [0.25, 0.3) is 5.91 Å². The summed E-state index contributed by atoms with van der Waals surface area (Å²) in [6.07, 6.45) is 5.62. The summed E-state index contributed by atoms with van der Waals surface area (Å²) in [6.45, 7) is 5.80. The van der Waals surface area contributed by atoms with Crippen LogP contribution in [0.1, 0.15) is 42.6 Å². The van der Waals surface area contributed by atoms with Crippen LogP contribution in [0.15, 0.2) is 42.7 Å². The summed E-state index contributed by atoms with van der Waals surface area (Å²) >= 11 is 0. The zero-order valence-corrected chi connectivity index (χ0v) is 19.8. The third kappa shape index (κ3) is 4.38. The van der Waals surface area contributed by atoms with Gasteiger partial charge in [-0.15, -0.1) is 0 Å². The molecule has 3 aromatic heterocycles. The van der Waals surface area contributed by atoms with Gasteiger partial charge in [-0.1, -0.05) is 6.07 Å². The van der Waals surface area contributed by atoms with Gasteiger partial charge in [0, 0.05) is 37.0 Å². The molecule has 9 nitrogen and oxygen atoms in total. The van der Waals surface area contributed by atoms with Gasteiger partial charge >= 0.3 is 0 Å². The second-order valence-corrected chi connectivity index (χ2v) is 9.61. The summed E-state index contributed by atoms with van der Waals surface area (Å²) in [5.41, 5.74) is 5.40. The van der Waals surface area contributed by atoms with Crippen molar-refractivity contribution >= 4 is 17.2 Å². The van der Waals surface area contributed by atoms with E-state index in [-0.39, 0.29) is 5.91 Å². The molecule has 34 heavy (non-hydrogen) atoms. The van der Waals surface area contributed by atoms with E-state index in [0.717, 1.165) is 46.7 Å². The Hall–Kier alpha value is -3.72. The van der Waals surface area contributed by atoms with Crippen LogP contribution in [-0.2, 0) is 7.05 Å². The van der Waals surface area contributed by atoms with Crippen LogP contribution in [0.25, 0.3) is 28.3 Å². The monoisotopic (exact) mass is 459 g/mol. The highest BCUT2D eigenvalue weighted by molar-refractivity contribution is 5.96. The maximum absolute atomic E-state index is 12.6. The van der Waals surface area contributed by atoms with E-state index in [1.165, 1.54) is 0 Å². The van der Waals surface area contributed by atoms with E-state index in [1.54, 1.807) is 35.4 Å². The maximum Gasteiger partial charge on any atom is 0.251 e. The molecule has 3 N–H and O–H groups in total. The van der Waals surface area contributed by atoms with Gasteiger partial charge < -0.3 is 15.7 Å². The molecule has 1 saturated carbocycles. The zero-order valence-electron chi connectivity index (χ0n) is 19.8. The predicted molar refractivity (Wildman–Crippen MR) is 131 cm³/mol. The van der Waals surface area contributed by atoms with Crippen molar-refractivity contribution in [2.24, 2.45) is 7.05 Å².